The molecule has 0 bridgehead atoms. The Morgan fingerprint density at radius 3 is 2.52 bits per heavy atom. The van der Waals surface area contributed by atoms with Crippen molar-refractivity contribution in [2.45, 2.75) is 58.0 Å². The maximum Gasteiger partial charge on any atom is 0.258 e. The van der Waals surface area contributed by atoms with Gasteiger partial charge in [-0.05, 0) is 49.1 Å². The molecular weight excluding hydrogens is 416 g/mol. The van der Waals surface area contributed by atoms with Crippen LogP contribution in [0, 0.1) is 11.3 Å². The van der Waals surface area contributed by atoms with Crippen LogP contribution in [0.1, 0.15) is 59.5 Å². The second-order valence-corrected chi connectivity index (χ2v) is 10.4. The average molecular weight is 447 g/mol. The van der Waals surface area contributed by atoms with E-state index in [2.05, 4.69) is 0 Å². The molecule has 2 aromatic rings. The lowest BCUT2D eigenvalue weighted by atomic mass is 9.77. The molecule has 0 atom stereocenters. The summed E-state index contributed by atoms with van der Waals surface area (Å²) in [5, 5.41) is 0. The standard InChI is InChI=1S/C26H30N4O3/c31-23(14-18-6-7-18)28-12-9-26(10-13-28)15-22-27-21-8-11-29(16-20(21)25(33)30(22)17-26)24(32)19-4-2-1-3-5-19/h1-5,18H,6-17H2. The second kappa shape index (κ2) is 7.82. The summed E-state index contributed by atoms with van der Waals surface area (Å²) in [6.07, 6.45) is 6.39. The van der Waals surface area contributed by atoms with Crippen LogP contribution in [0.3, 0.4) is 0 Å². The summed E-state index contributed by atoms with van der Waals surface area (Å²) in [4.78, 5) is 47.6. The average Bonchev–Trinajstić information content (AvgIpc) is 3.59. The fourth-order valence-electron chi connectivity index (χ4n) is 5.79. The van der Waals surface area contributed by atoms with Gasteiger partial charge in [0.2, 0.25) is 5.91 Å². The Balaban J connectivity index is 1.18. The molecule has 7 heteroatoms. The third-order valence-corrected chi connectivity index (χ3v) is 8.07. The second-order valence-electron chi connectivity index (χ2n) is 10.4. The fourth-order valence-corrected chi connectivity index (χ4v) is 5.79. The molecule has 3 aliphatic heterocycles. The highest BCUT2D eigenvalue weighted by Crippen LogP contribution is 2.41. The molecule has 1 saturated carbocycles. The minimum Gasteiger partial charge on any atom is -0.343 e. The zero-order chi connectivity index (χ0) is 22.6. The van der Waals surface area contributed by atoms with Crippen molar-refractivity contribution in [2.75, 3.05) is 19.6 Å². The van der Waals surface area contributed by atoms with Crippen LogP contribution in [0.25, 0.3) is 0 Å². The van der Waals surface area contributed by atoms with E-state index in [-0.39, 0.29) is 16.9 Å². The summed E-state index contributed by atoms with van der Waals surface area (Å²) in [6, 6.07) is 9.25. The van der Waals surface area contributed by atoms with E-state index in [0.29, 0.717) is 55.4 Å². The van der Waals surface area contributed by atoms with Crippen molar-refractivity contribution >= 4 is 11.8 Å². The van der Waals surface area contributed by atoms with E-state index in [1.165, 1.54) is 12.8 Å². The number of carbonyl (C=O) groups is 2. The number of amides is 2. The van der Waals surface area contributed by atoms with Gasteiger partial charge in [-0.25, -0.2) is 4.98 Å². The van der Waals surface area contributed by atoms with E-state index in [1.807, 2.05) is 39.8 Å². The maximum atomic E-state index is 13.5. The van der Waals surface area contributed by atoms with Crippen LogP contribution in [-0.2, 0) is 30.7 Å². The van der Waals surface area contributed by atoms with Crippen LogP contribution in [0.5, 0.6) is 0 Å². The summed E-state index contributed by atoms with van der Waals surface area (Å²) in [5.74, 6) is 1.77. The van der Waals surface area contributed by atoms with Crippen LogP contribution >= 0.6 is 0 Å². The van der Waals surface area contributed by atoms with Gasteiger partial charge in [-0.2, -0.15) is 0 Å². The molecule has 4 heterocycles. The zero-order valence-electron chi connectivity index (χ0n) is 19.0. The van der Waals surface area contributed by atoms with Crippen molar-refractivity contribution in [1.29, 1.82) is 0 Å². The highest BCUT2D eigenvalue weighted by molar-refractivity contribution is 5.94. The number of nitrogens with zero attached hydrogens (tertiary/aromatic N) is 4. The Labute approximate surface area is 193 Å². The quantitative estimate of drug-likeness (QED) is 0.726. The smallest absolute Gasteiger partial charge is 0.258 e. The van der Waals surface area contributed by atoms with Gasteiger partial charge >= 0.3 is 0 Å². The molecule has 2 fully saturated rings. The number of hydrogen-bond acceptors (Lipinski definition) is 4. The predicted molar refractivity (Wildman–Crippen MR) is 123 cm³/mol. The first-order valence-corrected chi connectivity index (χ1v) is 12.2. The Morgan fingerprint density at radius 1 is 1.03 bits per heavy atom. The normalized spacial score (nSPS) is 21.1. The lowest BCUT2D eigenvalue weighted by Crippen LogP contribution is -2.44. The third kappa shape index (κ3) is 3.77. The monoisotopic (exact) mass is 446 g/mol. The van der Waals surface area contributed by atoms with Crippen LogP contribution in [0.15, 0.2) is 35.1 Å². The number of hydrogen-bond donors (Lipinski definition) is 0. The molecule has 7 nitrogen and oxygen atoms in total. The fraction of sp³-hybridized carbons (Fsp3) is 0.538. The van der Waals surface area contributed by atoms with E-state index >= 15 is 0 Å². The number of rotatable bonds is 3. The summed E-state index contributed by atoms with van der Waals surface area (Å²) in [6.45, 7) is 3.16. The molecule has 33 heavy (non-hydrogen) atoms. The van der Waals surface area contributed by atoms with Gasteiger partial charge in [0.25, 0.3) is 11.5 Å². The third-order valence-electron chi connectivity index (χ3n) is 8.07. The van der Waals surface area contributed by atoms with Crippen molar-refractivity contribution in [2.24, 2.45) is 11.3 Å². The van der Waals surface area contributed by atoms with E-state index < -0.39 is 0 Å². The Hall–Kier alpha value is -2.96. The van der Waals surface area contributed by atoms with Crippen molar-refractivity contribution < 1.29 is 9.59 Å². The van der Waals surface area contributed by atoms with Gasteiger partial charge in [0, 0.05) is 51.0 Å². The lowest BCUT2D eigenvalue weighted by Gasteiger charge is -2.38. The van der Waals surface area contributed by atoms with Gasteiger partial charge in [-0.1, -0.05) is 18.2 Å². The van der Waals surface area contributed by atoms with Crippen LogP contribution in [-0.4, -0.2) is 50.8 Å². The van der Waals surface area contributed by atoms with Gasteiger partial charge in [0.1, 0.15) is 5.82 Å². The Morgan fingerprint density at radius 2 is 1.79 bits per heavy atom. The predicted octanol–water partition coefficient (Wildman–Crippen LogP) is 2.41. The highest BCUT2D eigenvalue weighted by atomic mass is 16.2. The molecule has 4 aliphatic rings. The molecule has 0 unspecified atom stereocenters. The van der Waals surface area contributed by atoms with Crippen molar-refractivity contribution in [3.05, 3.63) is 63.3 Å². The van der Waals surface area contributed by atoms with Crippen molar-refractivity contribution in [1.82, 2.24) is 19.4 Å². The SMILES string of the molecule is O=C(CC1CC1)N1CCC2(CC1)Cc1nc3c(c(=O)n1C2)CN(C(=O)c1ccccc1)CC3. The zero-order valence-corrected chi connectivity index (χ0v) is 19.0. The number of fused-ring (bicyclic) bond motifs is 2. The summed E-state index contributed by atoms with van der Waals surface area (Å²) in [5.41, 5.74) is 2.22. The molecule has 1 saturated heterocycles. The van der Waals surface area contributed by atoms with Crippen LogP contribution in [0.4, 0.5) is 0 Å². The summed E-state index contributed by atoms with van der Waals surface area (Å²) in [7, 11) is 0. The molecule has 1 aliphatic carbocycles. The topological polar surface area (TPSA) is 75.5 Å². The highest BCUT2D eigenvalue weighted by Gasteiger charge is 2.43. The molecule has 1 aromatic heterocycles. The van der Waals surface area contributed by atoms with Gasteiger partial charge in [-0.3, -0.25) is 19.0 Å². The van der Waals surface area contributed by atoms with Crippen molar-refractivity contribution in [3.63, 3.8) is 0 Å². The number of carbonyl (C=O) groups excluding carboxylic acids is 2. The minimum absolute atomic E-state index is 0.0182. The lowest BCUT2D eigenvalue weighted by molar-refractivity contribution is -0.133. The van der Waals surface area contributed by atoms with E-state index in [9.17, 15) is 14.4 Å². The van der Waals surface area contributed by atoms with Gasteiger partial charge in [-0.15, -0.1) is 0 Å². The Kier molecular flexibility index (Phi) is 4.89. The molecule has 172 valence electrons. The largest absolute Gasteiger partial charge is 0.343 e. The van der Waals surface area contributed by atoms with Crippen LogP contribution in [0.2, 0.25) is 0 Å². The molecule has 1 spiro atoms. The maximum absolute atomic E-state index is 13.5. The minimum atomic E-state index is -0.0362. The first kappa shape index (κ1) is 20.6. The van der Waals surface area contributed by atoms with E-state index in [1.54, 1.807) is 4.90 Å². The summed E-state index contributed by atoms with van der Waals surface area (Å²) >= 11 is 0. The van der Waals surface area contributed by atoms with Gasteiger partial charge in [0.15, 0.2) is 0 Å². The van der Waals surface area contributed by atoms with Crippen LogP contribution < -0.4 is 5.56 Å². The number of aromatic nitrogens is 2. The summed E-state index contributed by atoms with van der Waals surface area (Å²) < 4.78 is 1.86. The molecule has 6 rings (SSSR count). The van der Waals surface area contributed by atoms with Crippen molar-refractivity contribution in [3.8, 4) is 0 Å². The number of likely N-dealkylation sites (tertiary alicyclic amines) is 1. The van der Waals surface area contributed by atoms with Gasteiger partial charge < -0.3 is 9.80 Å². The Bertz CT molecular complexity index is 1160. The van der Waals surface area contributed by atoms with Gasteiger partial charge in [0.05, 0.1) is 17.8 Å². The molecular formula is C26H30N4O3. The first-order chi connectivity index (χ1) is 16.0. The van der Waals surface area contributed by atoms with E-state index in [0.717, 1.165) is 43.9 Å². The number of benzene rings is 1. The molecule has 2 amide bonds. The number of piperidine rings is 1. The molecule has 0 radical (unpaired) electrons. The molecule has 1 aromatic carbocycles. The first-order valence-electron chi connectivity index (χ1n) is 12.2. The molecule has 0 N–H and O–H groups in total. The van der Waals surface area contributed by atoms with E-state index in [4.69, 9.17) is 4.98 Å².